The third-order valence-electron chi connectivity index (χ3n) is 3.80. The Balaban J connectivity index is 2.19. The molecule has 1 heterocycles. The van der Waals surface area contributed by atoms with Crippen LogP contribution in [0.1, 0.15) is 23.6 Å². The van der Waals surface area contributed by atoms with E-state index in [4.69, 9.17) is 4.74 Å². The van der Waals surface area contributed by atoms with Crippen molar-refractivity contribution >= 4 is 0 Å². The molecule has 1 saturated heterocycles. The molecule has 1 fully saturated rings. The van der Waals surface area contributed by atoms with Crippen LogP contribution in [0.25, 0.3) is 0 Å². The standard InChI is InChI=1S/C15H24N2O2/c1-12-11-13(3-4-15(12)19-2)14(5-10-18)17-8-6-16-7-9-17/h3-4,11,14,16,18H,5-10H2,1-2H3/t14-/m1/s1. The predicted octanol–water partition coefficient (Wildman–Crippen LogP) is 1.33. The lowest BCUT2D eigenvalue weighted by Crippen LogP contribution is -2.45. The number of aliphatic hydroxyl groups is 1. The van der Waals surface area contributed by atoms with E-state index in [9.17, 15) is 5.11 Å². The second-order valence-corrected chi connectivity index (χ2v) is 5.04. The van der Waals surface area contributed by atoms with E-state index in [1.54, 1.807) is 7.11 Å². The summed E-state index contributed by atoms with van der Waals surface area (Å²) in [5.74, 6) is 0.923. The second kappa shape index (κ2) is 6.89. The first-order chi connectivity index (χ1) is 9.26. The SMILES string of the molecule is COc1ccc([C@@H](CCO)N2CCNCC2)cc1C. The van der Waals surface area contributed by atoms with Crippen LogP contribution in [0.2, 0.25) is 0 Å². The third-order valence-corrected chi connectivity index (χ3v) is 3.80. The number of piperazine rings is 1. The third kappa shape index (κ3) is 3.47. The van der Waals surface area contributed by atoms with Crippen molar-refractivity contribution in [1.29, 1.82) is 0 Å². The highest BCUT2D eigenvalue weighted by atomic mass is 16.5. The minimum Gasteiger partial charge on any atom is -0.496 e. The van der Waals surface area contributed by atoms with Crippen molar-refractivity contribution in [3.63, 3.8) is 0 Å². The molecule has 0 bridgehead atoms. The summed E-state index contributed by atoms with van der Waals surface area (Å²) in [5, 5.41) is 12.7. The summed E-state index contributed by atoms with van der Waals surface area (Å²) < 4.78 is 5.31. The van der Waals surface area contributed by atoms with Gasteiger partial charge in [0.15, 0.2) is 0 Å². The molecule has 1 aliphatic heterocycles. The van der Waals surface area contributed by atoms with Crippen LogP contribution < -0.4 is 10.1 Å². The molecule has 1 aromatic rings. The number of ether oxygens (including phenoxy) is 1. The van der Waals surface area contributed by atoms with Crippen molar-refractivity contribution in [3.05, 3.63) is 29.3 Å². The zero-order valence-electron chi connectivity index (χ0n) is 11.9. The van der Waals surface area contributed by atoms with Crippen molar-refractivity contribution in [1.82, 2.24) is 10.2 Å². The second-order valence-electron chi connectivity index (χ2n) is 5.04. The zero-order chi connectivity index (χ0) is 13.7. The van der Waals surface area contributed by atoms with Crippen LogP contribution in [-0.2, 0) is 0 Å². The Bertz CT molecular complexity index is 403. The first-order valence-corrected chi connectivity index (χ1v) is 6.96. The van der Waals surface area contributed by atoms with Crippen LogP contribution in [0.4, 0.5) is 0 Å². The summed E-state index contributed by atoms with van der Waals surface area (Å²) in [7, 11) is 1.70. The van der Waals surface area contributed by atoms with Crippen LogP contribution in [0.5, 0.6) is 5.75 Å². The van der Waals surface area contributed by atoms with Gasteiger partial charge >= 0.3 is 0 Å². The van der Waals surface area contributed by atoms with E-state index >= 15 is 0 Å². The number of methoxy groups -OCH3 is 1. The Morgan fingerprint density at radius 3 is 2.68 bits per heavy atom. The van der Waals surface area contributed by atoms with Gasteiger partial charge in [0.05, 0.1) is 7.11 Å². The predicted molar refractivity (Wildman–Crippen MR) is 76.6 cm³/mol. The Kier molecular flexibility index (Phi) is 5.19. The van der Waals surface area contributed by atoms with E-state index < -0.39 is 0 Å². The van der Waals surface area contributed by atoms with Gasteiger partial charge in [-0.1, -0.05) is 12.1 Å². The van der Waals surface area contributed by atoms with Crippen LogP contribution in [0.15, 0.2) is 18.2 Å². The number of rotatable bonds is 5. The van der Waals surface area contributed by atoms with Crippen LogP contribution >= 0.6 is 0 Å². The maximum Gasteiger partial charge on any atom is 0.121 e. The lowest BCUT2D eigenvalue weighted by molar-refractivity contribution is 0.141. The van der Waals surface area contributed by atoms with Crippen molar-refractivity contribution < 1.29 is 9.84 Å². The van der Waals surface area contributed by atoms with Gasteiger partial charge < -0.3 is 15.2 Å². The maximum atomic E-state index is 9.33. The zero-order valence-corrected chi connectivity index (χ0v) is 11.9. The molecule has 1 atom stereocenters. The van der Waals surface area contributed by atoms with Gasteiger partial charge in [-0.2, -0.15) is 0 Å². The molecule has 2 rings (SSSR count). The molecule has 0 radical (unpaired) electrons. The monoisotopic (exact) mass is 264 g/mol. The van der Waals surface area contributed by atoms with Crippen LogP contribution in [0.3, 0.4) is 0 Å². The largest absolute Gasteiger partial charge is 0.496 e. The fourth-order valence-corrected chi connectivity index (χ4v) is 2.79. The number of nitrogens with one attached hydrogen (secondary N) is 1. The normalized spacial score (nSPS) is 18.3. The van der Waals surface area contributed by atoms with E-state index in [0.717, 1.165) is 43.9 Å². The van der Waals surface area contributed by atoms with Crippen LogP contribution in [0, 0.1) is 6.92 Å². The van der Waals surface area contributed by atoms with Gasteiger partial charge in [0.1, 0.15) is 5.75 Å². The highest BCUT2D eigenvalue weighted by molar-refractivity contribution is 5.37. The molecule has 1 aromatic carbocycles. The van der Waals surface area contributed by atoms with Gasteiger partial charge in [0.2, 0.25) is 0 Å². The highest BCUT2D eigenvalue weighted by Gasteiger charge is 2.22. The van der Waals surface area contributed by atoms with Crippen molar-refractivity contribution in [2.75, 3.05) is 39.9 Å². The summed E-state index contributed by atoms with van der Waals surface area (Å²) in [6.07, 6.45) is 0.784. The quantitative estimate of drug-likeness (QED) is 0.842. The molecule has 4 heteroatoms. The Hall–Kier alpha value is -1.10. The fourth-order valence-electron chi connectivity index (χ4n) is 2.79. The van der Waals surface area contributed by atoms with E-state index in [-0.39, 0.29) is 6.61 Å². The number of aliphatic hydroxyl groups excluding tert-OH is 1. The van der Waals surface area contributed by atoms with Crippen LogP contribution in [-0.4, -0.2) is 49.9 Å². The maximum absolute atomic E-state index is 9.33. The molecule has 0 unspecified atom stereocenters. The molecule has 0 aromatic heterocycles. The molecule has 2 N–H and O–H groups in total. The van der Waals surface area contributed by atoms with Gasteiger partial charge in [0.25, 0.3) is 0 Å². The molecule has 1 aliphatic rings. The number of hydrogen-bond donors (Lipinski definition) is 2. The molecule has 0 spiro atoms. The Morgan fingerprint density at radius 1 is 1.37 bits per heavy atom. The molecule has 0 amide bonds. The average Bonchev–Trinajstić information content (AvgIpc) is 2.45. The summed E-state index contributed by atoms with van der Waals surface area (Å²) in [4.78, 5) is 2.45. The summed E-state index contributed by atoms with van der Waals surface area (Å²) in [6.45, 7) is 6.41. The molecule has 0 saturated carbocycles. The number of benzene rings is 1. The molecule has 106 valence electrons. The lowest BCUT2D eigenvalue weighted by Gasteiger charge is -2.35. The van der Waals surface area contributed by atoms with Crippen molar-refractivity contribution in [2.24, 2.45) is 0 Å². The smallest absolute Gasteiger partial charge is 0.121 e. The van der Waals surface area contributed by atoms with Gasteiger partial charge in [-0.05, 0) is 30.5 Å². The van der Waals surface area contributed by atoms with Gasteiger partial charge in [-0.15, -0.1) is 0 Å². The van der Waals surface area contributed by atoms with Gasteiger partial charge in [-0.25, -0.2) is 0 Å². The van der Waals surface area contributed by atoms with Gasteiger partial charge in [-0.3, -0.25) is 4.90 Å². The lowest BCUT2D eigenvalue weighted by atomic mass is 9.99. The summed E-state index contributed by atoms with van der Waals surface area (Å²) in [6, 6.07) is 6.63. The molecular formula is C15H24N2O2. The number of aryl methyl sites for hydroxylation is 1. The fraction of sp³-hybridized carbons (Fsp3) is 0.600. The van der Waals surface area contributed by atoms with Crippen molar-refractivity contribution in [2.45, 2.75) is 19.4 Å². The van der Waals surface area contributed by atoms with E-state index in [1.807, 2.05) is 6.07 Å². The number of nitrogens with zero attached hydrogens (tertiary/aromatic N) is 1. The minimum absolute atomic E-state index is 0.222. The topological polar surface area (TPSA) is 44.7 Å². The first kappa shape index (κ1) is 14.3. The van der Waals surface area contributed by atoms with E-state index in [2.05, 4.69) is 29.3 Å². The van der Waals surface area contributed by atoms with E-state index in [1.165, 1.54) is 5.56 Å². The van der Waals surface area contributed by atoms with Gasteiger partial charge in [0, 0.05) is 38.8 Å². The van der Waals surface area contributed by atoms with Crippen molar-refractivity contribution in [3.8, 4) is 5.75 Å². The molecule has 4 nitrogen and oxygen atoms in total. The average molecular weight is 264 g/mol. The van der Waals surface area contributed by atoms with E-state index in [0.29, 0.717) is 6.04 Å². The number of hydrogen-bond acceptors (Lipinski definition) is 4. The first-order valence-electron chi connectivity index (χ1n) is 6.96. The molecular weight excluding hydrogens is 240 g/mol. The molecule has 19 heavy (non-hydrogen) atoms. The summed E-state index contributed by atoms with van der Waals surface area (Å²) in [5.41, 5.74) is 2.42. The Morgan fingerprint density at radius 2 is 2.11 bits per heavy atom. The Labute approximate surface area is 115 Å². The summed E-state index contributed by atoms with van der Waals surface area (Å²) >= 11 is 0. The highest BCUT2D eigenvalue weighted by Crippen LogP contribution is 2.28. The minimum atomic E-state index is 0.222. The molecule has 0 aliphatic carbocycles.